The van der Waals surface area contributed by atoms with Crippen molar-refractivity contribution in [3.63, 3.8) is 0 Å². The van der Waals surface area contributed by atoms with E-state index in [1.165, 1.54) is 47.3 Å². The summed E-state index contributed by atoms with van der Waals surface area (Å²) in [4.78, 5) is 2.61. The minimum absolute atomic E-state index is 0.0485. The van der Waals surface area contributed by atoms with Gasteiger partial charge >= 0.3 is 0 Å². The van der Waals surface area contributed by atoms with Gasteiger partial charge in [0, 0.05) is 22.7 Å². The Labute approximate surface area is 226 Å². The van der Waals surface area contributed by atoms with Gasteiger partial charge in [-0.1, -0.05) is 110 Å². The topological polar surface area (TPSA) is 15.3 Å². The molecule has 0 aromatic heterocycles. The fourth-order valence-electron chi connectivity index (χ4n) is 5.98. The van der Waals surface area contributed by atoms with Crippen LogP contribution in [0.2, 0.25) is 0 Å². The minimum atomic E-state index is -0.0485. The van der Waals surface area contributed by atoms with E-state index in [1.807, 2.05) is 18.2 Å². The Morgan fingerprint density at radius 1 is 0.447 bits per heavy atom. The van der Waals surface area contributed by atoms with Crippen molar-refractivity contribution in [1.29, 1.82) is 0 Å². The first-order valence-electron chi connectivity index (χ1n) is 13.8. The van der Waals surface area contributed by atoms with Crippen LogP contribution in [0.25, 0.3) is 11.1 Å². The lowest BCUT2D eigenvalue weighted by Gasteiger charge is -2.48. The number of hydrogen-bond acceptors (Lipinski definition) is 2. The second-order valence-electron chi connectivity index (χ2n) is 10.2. The van der Waals surface area contributed by atoms with E-state index >= 15 is 0 Å². The number of benzene rings is 5. The first kappa shape index (κ1) is 24.1. The van der Waals surface area contributed by atoms with Crippen LogP contribution in [0.5, 0.6) is 0 Å². The van der Waals surface area contributed by atoms with E-state index in [9.17, 15) is 0 Å². The highest BCUT2D eigenvalue weighted by molar-refractivity contribution is 5.73. The summed E-state index contributed by atoms with van der Waals surface area (Å²) in [6, 6.07) is 50.2. The molecule has 188 valence electrons. The van der Waals surface area contributed by atoms with Gasteiger partial charge in [0.25, 0.3) is 0 Å². The molecule has 0 heterocycles. The lowest BCUT2D eigenvalue weighted by Crippen LogP contribution is -2.45. The third kappa shape index (κ3) is 4.95. The van der Waals surface area contributed by atoms with Crippen molar-refractivity contribution < 1.29 is 0 Å². The quantitative estimate of drug-likeness (QED) is 0.242. The third-order valence-corrected chi connectivity index (χ3v) is 7.84. The molecule has 2 nitrogen and oxygen atoms in total. The summed E-state index contributed by atoms with van der Waals surface area (Å²) >= 11 is 0. The molecule has 0 spiro atoms. The van der Waals surface area contributed by atoms with Crippen LogP contribution in [0.1, 0.15) is 37.7 Å². The van der Waals surface area contributed by atoms with Gasteiger partial charge in [-0.2, -0.15) is 0 Å². The molecule has 2 heteroatoms. The SMILES string of the molecule is c1ccc(Nc2ccc(-c3ccc(N(c4ccccc4)C4(c5ccccc5)CCCCC4)cc3)cc2)cc1. The van der Waals surface area contributed by atoms with Crippen LogP contribution in [0.3, 0.4) is 0 Å². The molecule has 0 amide bonds. The van der Waals surface area contributed by atoms with Crippen LogP contribution in [0.4, 0.5) is 22.7 Å². The summed E-state index contributed by atoms with van der Waals surface area (Å²) in [7, 11) is 0. The molecule has 1 fully saturated rings. The smallest absolute Gasteiger partial charge is 0.0702 e. The molecule has 5 aromatic rings. The molecule has 6 rings (SSSR count). The van der Waals surface area contributed by atoms with Gasteiger partial charge in [0.05, 0.1) is 5.54 Å². The molecule has 0 saturated heterocycles. The average molecular weight is 495 g/mol. The lowest BCUT2D eigenvalue weighted by atomic mass is 9.74. The van der Waals surface area contributed by atoms with Gasteiger partial charge in [-0.25, -0.2) is 0 Å². The van der Waals surface area contributed by atoms with Crippen LogP contribution in [0, 0.1) is 0 Å². The zero-order chi connectivity index (χ0) is 25.6. The molecule has 1 saturated carbocycles. The van der Waals surface area contributed by atoms with E-state index in [-0.39, 0.29) is 5.54 Å². The fraction of sp³-hybridized carbons (Fsp3) is 0.167. The van der Waals surface area contributed by atoms with Crippen molar-refractivity contribution in [2.24, 2.45) is 0 Å². The van der Waals surface area contributed by atoms with E-state index in [2.05, 4.69) is 132 Å². The molecule has 0 bridgehead atoms. The molecule has 1 aliphatic carbocycles. The molecule has 38 heavy (non-hydrogen) atoms. The van der Waals surface area contributed by atoms with Crippen molar-refractivity contribution in [2.75, 3.05) is 10.2 Å². The summed E-state index contributed by atoms with van der Waals surface area (Å²) in [5.74, 6) is 0. The number of para-hydroxylation sites is 2. The maximum Gasteiger partial charge on any atom is 0.0702 e. The summed E-state index contributed by atoms with van der Waals surface area (Å²) in [6.07, 6.45) is 6.12. The number of hydrogen-bond donors (Lipinski definition) is 1. The Bertz CT molecular complexity index is 1420. The van der Waals surface area contributed by atoms with Gasteiger partial charge < -0.3 is 10.2 Å². The van der Waals surface area contributed by atoms with Gasteiger partial charge in [0.15, 0.2) is 0 Å². The monoisotopic (exact) mass is 494 g/mol. The predicted molar refractivity (Wildman–Crippen MR) is 161 cm³/mol. The summed E-state index contributed by atoms with van der Waals surface area (Å²) in [5, 5.41) is 3.47. The normalized spacial score (nSPS) is 14.5. The van der Waals surface area contributed by atoms with Crippen molar-refractivity contribution >= 4 is 22.7 Å². The van der Waals surface area contributed by atoms with E-state index in [1.54, 1.807) is 0 Å². The Kier molecular flexibility index (Phi) is 6.95. The first-order valence-corrected chi connectivity index (χ1v) is 13.8. The van der Waals surface area contributed by atoms with Gasteiger partial charge in [-0.3, -0.25) is 0 Å². The Hall–Kier alpha value is -4.30. The zero-order valence-corrected chi connectivity index (χ0v) is 21.8. The van der Waals surface area contributed by atoms with Crippen LogP contribution in [0.15, 0.2) is 140 Å². The molecule has 0 unspecified atom stereocenters. The number of nitrogens with one attached hydrogen (secondary N) is 1. The highest BCUT2D eigenvalue weighted by Gasteiger charge is 2.40. The second-order valence-corrected chi connectivity index (χ2v) is 10.2. The van der Waals surface area contributed by atoms with Crippen LogP contribution < -0.4 is 10.2 Å². The first-order chi connectivity index (χ1) is 18.8. The van der Waals surface area contributed by atoms with E-state index in [4.69, 9.17) is 0 Å². The highest BCUT2D eigenvalue weighted by Crippen LogP contribution is 2.48. The molecular formula is C36H34N2. The number of rotatable bonds is 7. The van der Waals surface area contributed by atoms with Crippen LogP contribution >= 0.6 is 0 Å². The largest absolute Gasteiger partial charge is 0.356 e. The van der Waals surface area contributed by atoms with E-state index < -0.39 is 0 Å². The molecule has 0 aliphatic heterocycles. The Morgan fingerprint density at radius 3 is 1.53 bits per heavy atom. The van der Waals surface area contributed by atoms with Crippen molar-refractivity contribution in [1.82, 2.24) is 0 Å². The molecule has 1 aliphatic rings. The number of nitrogens with zero attached hydrogens (tertiary/aromatic N) is 1. The molecule has 0 radical (unpaired) electrons. The lowest BCUT2D eigenvalue weighted by molar-refractivity contribution is 0.298. The van der Waals surface area contributed by atoms with Crippen LogP contribution in [-0.2, 0) is 5.54 Å². The van der Waals surface area contributed by atoms with Gasteiger partial charge in [-0.15, -0.1) is 0 Å². The standard InChI is InChI=1S/C36H34N2/c1-5-13-31(14-6-1)36(27-11-4-12-28-36)38(34-17-9-3-10-18-34)35-25-21-30(22-26-35)29-19-23-33(24-20-29)37-32-15-7-2-8-16-32/h1-3,5-10,13-26,37H,4,11-12,27-28H2. The van der Waals surface area contributed by atoms with Crippen molar-refractivity contribution in [3.05, 3.63) is 145 Å². The molecule has 1 N–H and O–H groups in total. The molecule has 0 atom stereocenters. The maximum atomic E-state index is 3.47. The molecule has 5 aromatic carbocycles. The van der Waals surface area contributed by atoms with Gasteiger partial charge in [0.2, 0.25) is 0 Å². The van der Waals surface area contributed by atoms with Crippen molar-refractivity contribution in [2.45, 2.75) is 37.6 Å². The second kappa shape index (κ2) is 11.0. The summed E-state index contributed by atoms with van der Waals surface area (Å²) < 4.78 is 0. The number of anilines is 4. The zero-order valence-electron chi connectivity index (χ0n) is 21.8. The molecular weight excluding hydrogens is 460 g/mol. The van der Waals surface area contributed by atoms with Gasteiger partial charge in [-0.05, 0) is 78.1 Å². The van der Waals surface area contributed by atoms with Gasteiger partial charge in [0.1, 0.15) is 0 Å². The maximum absolute atomic E-state index is 3.47. The fourth-order valence-corrected chi connectivity index (χ4v) is 5.98. The minimum Gasteiger partial charge on any atom is -0.356 e. The average Bonchev–Trinajstić information content (AvgIpc) is 3.00. The summed E-state index contributed by atoms with van der Waals surface area (Å²) in [6.45, 7) is 0. The van der Waals surface area contributed by atoms with Crippen LogP contribution in [-0.4, -0.2) is 0 Å². The Morgan fingerprint density at radius 2 is 0.921 bits per heavy atom. The van der Waals surface area contributed by atoms with E-state index in [0.717, 1.165) is 24.2 Å². The third-order valence-electron chi connectivity index (χ3n) is 7.84. The summed E-state index contributed by atoms with van der Waals surface area (Å²) in [5.41, 5.74) is 8.49. The van der Waals surface area contributed by atoms with Crippen molar-refractivity contribution in [3.8, 4) is 11.1 Å². The Balaban J connectivity index is 1.33. The highest BCUT2D eigenvalue weighted by atomic mass is 15.2. The predicted octanol–water partition coefficient (Wildman–Crippen LogP) is 10.1. The van der Waals surface area contributed by atoms with E-state index in [0.29, 0.717) is 0 Å².